The number of benzene rings is 1. The Morgan fingerprint density at radius 3 is 2.35 bits per heavy atom. The molecule has 0 heterocycles. The molecule has 0 saturated heterocycles. The fraction of sp³-hybridized carbons (Fsp3) is 0.429. The van der Waals surface area contributed by atoms with E-state index >= 15 is 0 Å². The Morgan fingerprint density at radius 1 is 1.18 bits per heavy atom. The highest BCUT2D eigenvalue weighted by Crippen LogP contribution is 2.06. The van der Waals surface area contributed by atoms with Crippen LogP contribution < -0.4 is 0 Å². The molecule has 3 nitrogen and oxygen atoms in total. The van der Waals surface area contributed by atoms with Gasteiger partial charge in [0.1, 0.15) is 5.78 Å². The molecular weight excluding hydrogens is 214 g/mol. The minimum absolute atomic E-state index is 0.0189. The molecule has 3 heteroatoms. The number of carbonyl (C=O) groups excluding carboxylic acids is 2. The maximum absolute atomic E-state index is 12.2. The predicted molar refractivity (Wildman–Crippen MR) is 67.9 cm³/mol. The van der Waals surface area contributed by atoms with E-state index in [1.54, 1.807) is 17.0 Å². The Morgan fingerprint density at radius 2 is 1.82 bits per heavy atom. The highest BCUT2D eigenvalue weighted by molar-refractivity contribution is 5.96. The number of nitrogens with zero attached hydrogens (tertiary/aromatic N) is 1. The summed E-state index contributed by atoms with van der Waals surface area (Å²) in [6.07, 6.45) is 1.93. The zero-order valence-electron chi connectivity index (χ0n) is 10.5. The first-order chi connectivity index (χ1) is 8.15. The molecule has 0 atom stereocenters. The highest BCUT2D eigenvalue weighted by atomic mass is 16.2. The number of hydrogen-bond acceptors (Lipinski definition) is 2. The van der Waals surface area contributed by atoms with Gasteiger partial charge in [0.15, 0.2) is 0 Å². The van der Waals surface area contributed by atoms with Crippen LogP contribution in [0.25, 0.3) is 0 Å². The van der Waals surface area contributed by atoms with Crippen molar-refractivity contribution in [2.45, 2.75) is 26.7 Å². The van der Waals surface area contributed by atoms with E-state index in [2.05, 4.69) is 6.92 Å². The topological polar surface area (TPSA) is 37.4 Å². The molecule has 0 aromatic heterocycles. The predicted octanol–water partition coefficient (Wildman–Crippen LogP) is 2.52. The first-order valence-corrected chi connectivity index (χ1v) is 5.99. The second kappa shape index (κ2) is 6.84. The van der Waals surface area contributed by atoms with Gasteiger partial charge in [0.25, 0.3) is 5.91 Å². The van der Waals surface area contributed by atoms with Crippen molar-refractivity contribution in [2.75, 3.05) is 13.1 Å². The van der Waals surface area contributed by atoms with Crippen molar-refractivity contribution < 1.29 is 9.59 Å². The van der Waals surface area contributed by atoms with E-state index in [0.29, 0.717) is 12.1 Å². The molecule has 92 valence electrons. The SMILES string of the molecule is CCCCN(CC(C)=O)C(=O)c1ccccc1. The summed E-state index contributed by atoms with van der Waals surface area (Å²) in [5.74, 6) is -0.0420. The molecule has 0 saturated carbocycles. The third-order valence-electron chi connectivity index (χ3n) is 2.50. The molecule has 1 rings (SSSR count). The lowest BCUT2D eigenvalue weighted by molar-refractivity contribution is -0.117. The van der Waals surface area contributed by atoms with Crippen LogP contribution in [-0.4, -0.2) is 29.7 Å². The molecule has 0 aliphatic rings. The van der Waals surface area contributed by atoms with Crippen LogP contribution in [0.1, 0.15) is 37.0 Å². The van der Waals surface area contributed by atoms with Gasteiger partial charge in [-0.3, -0.25) is 9.59 Å². The molecule has 0 radical (unpaired) electrons. The van der Waals surface area contributed by atoms with Gasteiger partial charge in [0.2, 0.25) is 0 Å². The van der Waals surface area contributed by atoms with E-state index in [1.807, 2.05) is 18.2 Å². The van der Waals surface area contributed by atoms with Crippen LogP contribution in [0.2, 0.25) is 0 Å². The van der Waals surface area contributed by atoms with Gasteiger partial charge in [-0.25, -0.2) is 0 Å². The zero-order valence-corrected chi connectivity index (χ0v) is 10.5. The monoisotopic (exact) mass is 233 g/mol. The summed E-state index contributed by atoms with van der Waals surface area (Å²) in [7, 11) is 0. The Hall–Kier alpha value is -1.64. The number of rotatable bonds is 6. The quantitative estimate of drug-likeness (QED) is 0.757. The molecule has 17 heavy (non-hydrogen) atoms. The molecule has 0 aliphatic carbocycles. The lowest BCUT2D eigenvalue weighted by Crippen LogP contribution is -2.35. The summed E-state index contributed by atoms with van der Waals surface area (Å²) in [4.78, 5) is 24.9. The van der Waals surface area contributed by atoms with Gasteiger partial charge in [0, 0.05) is 12.1 Å². The minimum atomic E-state index is -0.0609. The molecule has 0 unspecified atom stereocenters. The molecule has 1 amide bonds. The summed E-state index contributed by atoms with van der Waals surface area (Å²) in [6, 6.07) is 9.10. The Balaban J connectivity index is 2.75. The van der Waals surface area contributed by atoms with Crippen LogP contribution in [0.15, 0.2) is 30.3 Å². The van der Waals surface area contributed by atoms with Crippen LogP contribution in [0.3, 0.4) is 0 Å². The van der Waals surface area contributed by atoms with Crippen molar-refractivity contribution in [3.8, 4) is 0 Å². The first-order valence-electron chi connectivity index (χ1n) is 5.99. The molecule has 0 N–H and O–H groups in total. The van der Waals surface area contributed by atoms with E-state index in [-0.39, 0.29) is 18.2 Å². The van der Waals surface area contributed by atoms with Crippen molar-refractivity contribution >= 4 is 11.7 Å². The van der Waals surface area contributed by atoms with E-state index in [9.17, 15) is 9.59 Å². The van der Waals surface area contributed by atoms with Crippen molar-refractivity contribution in [3.63, 3.8) is 0 Å². The first kappa shape index (κ1) is 13.4. The van der Waals surface area contributed by atoms with Crippen molar-refractivity contribution in [2.24, 2.45) is 0 Å². The molecule has 0 fully saturated rings. The summed E-state index contributed by atoms with van der Waals surface area (Å²) in [5.41, 5.74) is 0.643. The van der Waals surface area contributed by atoms with Crippen molar-refractivity contribution in [1.29, 1.82) is 0 Å². The largest absolute Gasteiger partial charge is 0.331 e. The normalized spacial score (nSPS) is 10.0. The van der Waals surface area contributed by atoms with Crippen LogP contribution in [0.4, 0.5) is 0 Å². The van der Waals surface area contributed by atoms with Gasteiger partial charge < -0.3 is 4.90 Å². The average Bonchev–Trinajstić information content (AvgIpc) is 2.34. The van der Waals surface area contributed by atoms with Gasteiger partial charge in [-0.2, -0.15) is 0 Å². The summed E-state index contributed by atoms with van der Waals surface area (Å²) < 4.78 is 0. The molecule has 1 aromatic carbocycles. The maximum atomic E-state index is 12.2. The van der Waals surface area contributed by atoms with Crippen LogP contribution >= 0.6 is 0 Å². The second-order valence-corrected chi connectivity index (χ2v) is 4.15. The van der Waals surface area contributed by atoms with Gasteiger partial charge >= 0.3 is 0 Å². The van der Waals surface area contributed by atoms with E-state index < -0.39 is 0 Å². The summed E-state index contributed by atoms with van der Waals surface area (Å²) >= 11 is 0. The number of unbranched alkanes of at least 4 members (excludes halogenated alkanes) is 1. The van der Waals surface area contributed by atoms with Crippen molar-refractivity contribution in [1.82, 2.24) is 4.90 Å². The van der Waals surface area contributed by atoms with Gasteiger partial charge in [-0.05, 0) is 25.5 Å². The van der Waals surface area contributed by atoms with E-state index in [4.69, 9.17) is 0 Å². The fourth-order valence-corrected chi connectivity index (χ4v) is 1.63. The number of Topliss-reactive ketones (excluding diaryl/α,β-unsaturated/α-hetero) is 1. The Kier molecular flexibility index (Phi) is 5.40. The zero-order chi connectivity index (χ0) is 12.7. The summed E-state index contributed by atoms with van der Waals surface area (Å²) in [6.45, 7) is 4.42. The third-order valence-corrected chi connectivity index (χ3v) is 2.50. The second-order valence-electron chi connectivity index (χ2n) is 4.15. The molecule has 0 aliphatic heterocycles. The lowest BCUT2D eigenvalue weighted by atomic mass is 10.2. The van der Waals surface area contributed by atoms with Gasteiger partial charge in [0.05, 0.1) is 6.54 Å². The maximum Gasteiger partial charge on any atom is 0.254 e. The number of ketones is 1. The van der Waals surface area contributed by atoms with Gasteiger partial charge in [-0.15, -0.1) is 0 Å². The standard InChI is InChI=1S/C14H19NO2/c1-3-4-10-15(11-12(2)16)14(17)13-8-6-5-7-9-13/h5-9H,3-4,10-11H2,1-2H3. The molecule has 0 bridgehead atoms. The lowest BCUT2D eigenvalue weighted by Gasteiger charge is -2.21. The van der Waals surface area contributed by atoms with Crippen molar-refractivity contribution in [3.05, 3.63) is 35.9 Å². The van der Waals surface area contributed by atoms with E-state index in [1.165, 1.54) is 6.92 Å². The molecule has 1 aromatic rings. The number of amides is 1. The van der Waals surface area contributed by atoms with E-state index in [0.717, 1.165) is 12.8 Å². The Labute approximate surface area is 102 Å². The number of hydrogen-bond donors (Lipinski definition) is 0. The molecule has 0 spiro atoms. The van der Waals surface area contributed by atoms with Crippen LogP contribution in [0, 0.1) is 0 Å². The number of carbonyl (C=O) groups is 2. The third kappa shape index (κ3) is 4.39. The van der Waals surface area contributed by atoms with Gasteiger partial charge in [-0.1, -0.05) is 31.5 Å². The Bertz CT molecular complexity index is 373. The van der Waals surface area contributed by atoms with Crippen LogP contribution in [0.5, 0.6) is 0 Å². The van der Waals surface area contributed by atoms with Crippen LogP contribution in [-0.2, 0) is 4.79 Å². The molecular formula is C14H19NO2. The average molecular weight is 233 g/mol. The fourth-order valence-electron chi connectivity index (χ4n) is 1.63. The smallest absolute Gasteiger partial charge is 0.254 e. The minimum Gasteiger partial charge on any atom is -0.331 e. The summed E-state index contributed by atoms with van der Waals surface area (Å²) in [5, 5.41) is 0. The highest BCUT2D eigenvalue weighted by Gasteiger charge is 2.16.